The summed E-state index contributed by atoms with van der Waals surface area (Å²) in [4.78, 5) is 13.5. The van der Waals surface area contributed by atoms with Crippen molar-refractivity contribution in [1.29, 1.82) is 0 Å². The number of hydrogen-bond acceptors (Lipinski definition) is 3. The normalized spacial score (nSPS) is 28.4. The minimum Gasteiger partial charge on any atom is -0.316 e. The standard InChI is InChI=1S/C12H16F2N2OS/c1-3-12(2)11(17)16(6-9(13)14)10(15-12)8-4-5-18-7-8/h4-5,7,9-10,15H,3,6H2,1-2H3. The summed E-state index contributed by atoms with van der Waals surface area (Å²) in [6, 6.07) is 1.86. The fourth-order valence-electron chi connectivity index (χ4n) is 2.16. The third-order valence-corrected chi connectivity index (χ3v) is 4.10. The SMILES string of the molecule is CCC1(C)NC(c2ccsc2)N(CC(F)F)C1=O. The van der Waals surface area contributed by atoms with Crippen LogP contribution in [-0.2, 0) is 4.79 Å². The van der Waals surface area contributed by atoms with Crippen molar-refractivity contribution in [1.82, 2.24) is 10.2 Å². The molecule has 1 aliphatic heterocycles. The molecule has 0 saturated carbocycles. The largest absolute Gasteiger partial charge is 0.316 e. The number of nitrogens with zero attached hydrogens (tertiary/aromatic N) is 1. The zero-order valence-corrected chi connectivity index (χ0v) is 11.1. The quantitative estimate of drug-likeness (QED) is 0.915. The third-order valence-electron chi connectivity index (χ3n) is 3.40. The van der Waals surface area contributed by atoms with E-state index < -0.39 is 24.7 Å². The molecule has 2 unspecified atom stereocenters. The molecule has 18 heavy (non-hydrogen) atoms. The Hall–Kier alpha value is -1.01. The molecule has 1 aromatic rings. The van der Waals surface area contributed by atoms with Crippen molar-refractivity contribution in [3.63, 3.8) is 0 Å². The lowest BCUT2D eigenvalue weighted by molar-refractivity contribution is -0.134. The van der Waals surface area contributed by atoms with E-state index >= 15 is 0 Å². The summed E-state index contributed by atoms with van der Waals surface area (Å²) in [5, 5.41) is 6.93. The highest BCUT2D eigenvalue weighted by Gasteiger charge is 2.47. The maximum atomic E-state index is 12.6. The van der Waals surface area contributed by atoms with Gasteiger partial charge in [0.25, 0.3) is 6.43 Å². The van der Waals surface area contributed by atoms with E-state index in [2.05, 4.69) is 5.32 Å². The Morgan fingerprint density at radius 1 is 1.61 bits per heavy atom. The molecule has 0 spiro atoms. The Morgan fingerprint density at radius 2 is 2.33 bits per heavy atom. The summed E-state index contributed by atoms with van der Waals surface area (Å²) in [5.41, 5.74) is 0.118. The molecule has 1 saturated heterocycles. The topological polar surface area (TPSA) is 32.3 Å². The molecule has 1 fully saturated rings. The Morgan fingerprint density at radius 3 is 2.83 bits per heavy atom. The van der Waals surface area contributed by atoms with Crippen molar-refractivity contribution in [2.75, 3.05) is 6.54 Å². The molecule has 100 valence electrons. The van der Waals surface area contributed by atoms with Crippen LogP contribution in [0, 0.1) is 0 Å². The van der Waals surface area contributed by atoms with E-state index in [1.807, 2.05) is 23.8 Å². The molecule has 1 aliphatic rings. The van der Waals surface area contributed by atoms with E-state index in [1.54, 1.807) is 6.92 Å². The van der Waals surface area contributed by atoms with Crippen LogP contribution >= 0.6 is 11.3 Å². The number of halogens is 2. The maximum absolute atomic E-state index is 12.6. The number of carbonyl (C=O) groups is 1. The molecule has 2 heterocycles. The van der Waals surface area contributed by atoms with Crippen LogP contribution in [0.4, 0.5) is 8.78 Å². The van der Waals surface area contributed by atoms with Crippen LogP contribution in [0.3, 0.4) is 0 Å². The number of carbonyl (C=O) groups excluding carboxylic acids is 1. The first-order chi connectivity index (χ1) is 8.48. The molecule has 6 heteroatoms. The minimum atomic E-state index is -2.52. The van der Waals surface area contributed by atoms with E-state index in [1.165, 1.54) is 16.2 Å². The molecular weight excluding hydrogens is 258 g/mol. The summed E-state index contributed by atoms with van der Waals surface area (Å²) in [6.45, 7) is 3.11. The number of thiophene rings is 1. The van der Waals surface area contributed by atoms with Crippen LogP contribution in [0.1, 0.15) is 32.0 Å². The average molecular weight is 274 g/mol. The van der Waals surface area contributed by atoms with Crippen LogP contribution in [0.5, 0.6) is 0 Å². The number of rotatable bonds is 4. The predicted molar refractivity (Wildman–Crippen MR) is 66.6 cm³/mol. The summed E-state index contributed by atoms with van der Waals surface area (Å²) in [7, 11) is 0. The summed E-state index contributed by atoms with van der Waals surface area (Å²) >= 11 is 1.49. The van der Waals surface area contributed by atoms with Crippen molar-refractivity contribution in [2.24, 2.45) is 0 Å². The molecule has 0 radical (unpaired) electrons. The lowest BCUT2D eigenvalue weighted by Crippen LogP contribution is -2.43. The van der Waals surface area contributed by atoms with Gasteiger partial charge in [0, 0.05) is 0 Å². The zero-order chi connectivity index (χ0) is 13.3. The monoisotopic (exact) mass is 274 g/mol. The Labute approximate surface area is 109 Å². The van der Waals surface area contributed by atoms with Gasteiger partial charge in [-0.1, -0.05) is 6.92 Å². The van der Waals surface area contributed by atoms with Gasteiger partial charge in [-0.05, 0) is 35.7 Å². The number of hydrogen-bond donors (Lipinski definition) is 1. The van der Waals surface area contributed by atoms with Gasteiger partial charge in [0.1, 0.15) is 6.17 Å². The minimum absolute atomic E-state index is 0.249. The van der Waals surface area contributed by atoms with E-state index in [0.717, 1.165) is 5.56 Å². The lowest BCUT2D eigenvalue weighted by Gasteiger charge is -2.23. The maximum Gasteiger partial charge on any atom is 0.255 e. The molecule has 3 nitrogen and oxygen atoms in total. The van der Waals surface area contributed by atoms with Gasteiger partial charge < -0.3 is 4.90 Å². The number of alkyl halides is 2. The first kappa shape index (κ1) is 13.4. The second kappa shape index (κ2) is 4.93. The van der Waals surface area contributed by atoms with E-state index in [-0.39, 0.29) is 5.91 Å². The van der Waals surface area contributed by atoms with Crippen molar-refractivity contribution >= 4 is 17.2 Å². The van der Waals surface area contributed by atoms with Gasteiger partial charge in [-0.2, -0.15) is 11.3 Å². The van der Waals surface area contributed by atoms with Gasteiger partial charge in [0.05, 0.1) is 12.1 Å². The molecule has 1 aromatic heterocycles. The van der Waals surface area contributed by atoms with Crippen molar-refractivity contribution in [3.8, 4) is 0 Å². The Kier molecular flexibility index (Phi) is 3.68. The molecule has 0 aromatic carbocycles. The van der Waals surface area contributed by atoms with Gasteiger partial charge in [-0.3, -0.25) is 10.1 Å². The van der Waals surface area contributed by atoms with Crippen molar-refractivity contribution in [3.05, 3.63) is 22.4 Å². The van der Waals surface area contributed by atoms with Crippen LogP contribution in [0.25, 0.3) is 0 Å². The molecule has 1 N–H and O–H groups in total. The van der Waals surface area contributed by atoms with Crippen LogP contribution in [-0.4, -0.2) is 29.3 Å². The average Bonchev–Trinajstić information content (AvgIpc) is 2.91. The van der Waals surface area contributed by atoms with E-state index in [0.29, 0.717) is 6.42 Å². The Balaban J connectivity index is 2.29. The second-order valence-electron chi connectivity index (χ2n) is 4.64. The molecule has 2 atom stereocenters. The number of nitrogens with one attached hydrogen (secondary N) is 1. The van der Waals surface area contributed by atoms with E-state index in [9.17, 15) is 13.6 Å². The first-order valence-corrected chi connectivity index (χ1v) is 6.81. The van der Waals surface area contributed by atoms with Gasteiger partial charge in [0.15, 0.2) is 0 Å². The molecule has 1 amide bonds. The highest BCUT2D eigenvalue weighted by atomic mass is 32.1. The predicted octanol–water partition coefficient (Wildman–Crippen LogP) is 2.61. The summed E-state index contributed by atoms with van der Waals surface area (Å²) in [5.74, 6) is -0.249. The first-order valence-electron chi connectivity index (χ1n) is 5.87. The second-order valence-corrected chi connectivity index (χ2v) is 5.42. The highest BCUT2D eigenvalue weighted by molar-refractivity contribution is 7.07. The molecule has 0 bridgehead atoms. The fraction of sp³-hybridized carbons (Fsp3) is 0.583. The molecular formula is C12H16F2N2OS. The lowest BCUT2D eigenvalue weighted by atomic mass is 9.99. The summed E-state index contributed by atoms with van der Waals surface area (Å²) < 4.78 is 25.2. The number of amides is 1. The fourth-order valence-corrected chi connectivity index (χ4v) is 2.84. The highest BCUT2D eigenvalue weighted by Crippen LogP contribution is 2.33. The van der Waals surface area contributed by atoms with Gasteiger partial charge in [-0.25, -0.2) is 8.78 Å². The van der Waals surface area contributed by atoms with Gasteiger partial charge in [-0.15, -0.1) is 0 Å². The van der Waals surface area contributed by atoms with E-state index in [4.69, 9.17) is 0 Å². The van der Waals surface area contributed by atoms with Crippen molar-refractivity contribution < 1.29 is 13.6 Å². The van der Waals surface area contributed by atoms with Crippen molar-refractivity contribution in [2.45, 2.75) is 38.4 Å². The summed E-state index contributed by atoms with van der Waals surface area (Å²) in [6.07, 6.45) is -2.38. The van der Waals surface area contributed by atoms with Gasteiger partial charge in [0.2, 0.25) is 5.91 Å². The van der Waals surface area contributed by atoms with Gasteiger partial charge >= 0.3 is 0 Å². The zero-order valence-electron chi connectivity index (χ0n) is 10.3. The third kappa shape index (κ3) is 2.27. The molecule has 0 aliphatic carbocycles. The van der Waals surface area contributed by atoms with Crippen LogP contribution in [0.2, 0.25) is 0 Å². The smallest absolute Gasteiger partial charge is 0.255 e. The Bertz CT molecular complexity index is 424. The van der Waals surface area contributed by atoms with Crippen LogP contribution < -0.4 is 5.32 Å². The molecule has 2 rings (SSSR count). The van der Waals surface area contributed by atoms with Crippen LogP contribution in [0.15, 0.2) is 16.8 Å².